The summed E-state index contributed by atoms with van der Waals surface area (Å²) in [7, 11) is 0. The van der Waals surface area contributed by atoms with E-state index in [0.29, 0.717) is 6.10 Å². The zero-order valence-electron chi connectivity index (χ0n) is 6.31. The van der Waals surface area contributed by atoms with Crippen LogP contribution in [-0.4, -0.2) is 17.3 Å². The summed E-state index contributed by atoms with van der Waals surface area (Å²) < 4.78 is 9.11. The topological polar surface area (TPSA) is 21.3 Å². The third kappa shape index (κ3) is 1.49. The minimum Gasteiger partial charge on any atom is -0.369 e. The van der Waals surface area contributed by atoms with Crippen LogP contribution in [0.25, 0.3) is 6.20 Å². The number of imidazole rings is 1. The molecule has 11 heavy (non-hydrogen) atoms. The van der Waals surface area contributed by atoms with Gasteiger partial charge in [-0.05, 0) is 0 Å². The molecule has 0 N–H and O–H groups in total. The Bertz CT molecular complexity index is 263. The van der Waals surface area contributed by atoms with Gasteiger partial charge in [-0.1, -0.05) is 6.58 Å². The lowest BCUT2D eigenvalue weighted by molar-refractivity contribution is -0.697. The van der Waals surface area contributed by atoms with Crippen LogP contribution in [0.5, 0.6) is 0 Å². The van der Waals surface area contributed by atoms with Crippen molar-refractivity contribution in [2.75, 3.05) is 6.61 Å². The molecule has 0 saturated carbocycles. The summed E-state index contributed by atoms with van der Waals surface area (Å²) in [4.78, 5) is 0. The second-order valence-electron chi connectivity index (χ2n) is 2.70. The standard InChI is InChI=1S/C8H11N2O/c1-2-9-3-4-10(7-9)5-8-6-11-8/h2-4,7-8H,1,5-6H2/q+1. The van der Waals surface area contributed by atoms with Crippen molar-refractivity contribution in [1.29, 1.82) is 0 Å². The first-order valence-corrected chi connectivity index (χ1v) is 3.69. The third-order valence-corrected chi connectivity index (χ3v) is 1.74. The van der Waals surface area contributed by atoms with Gasteiger partial charge in [-0.3, -0.25) is 0 Å². The van der Waals surface area contributed by atoms with Gasteiger partial charge in [-0.25, -0.2) is 9.13 Å². The van der Waals surface area contributed by atoms with E-state index in [9.17, 15) is 0 Å². The fraction of sp³-hybridized carbons (Fsp3) is 0.375. The number of epoxide rings is 1. The molecule has 1 aromatic rings. The fourth-order valence-corrected chi connectivity index (χ4v) is 1.04. The monoisotopic (exact) mass is 151 g/mol. The van der Waals surface area contributed by atoms with Gasteiger partial charge < -0.3 is 4.74 Å². The van der Waals surface area contributed by atoms with Crippen LogP contribution in [0, 0.1) is 0 Å². The molecule has 2 heterocycles. The second-order valence-corrected chi connectivity index (χ2v) is 2.70. The summed E-state index contributed by atoms with van der Waals surface area (Å²) in [6.45, 7) is 5.53. The minimum absolute atomic E-state index is 0.445. The van der Waals surface area contributed by atoms with Crippen LogP contribution in [0.15, 0.2) is 25.3 Å². The lowest BCUT2D eigenvalue weighted by atomic mass is 10.5. The smallest absolute Gasteiger partial charge is 0.248 e. The van der Waals surface area contributed by atoms with Crippen LogP contribution in [0.3, 0.4) is 0 Å². The van der Waals surface area contributed by atoms with Crippen molar-refractivity contribution < 1.29 is 9.30 Å². The van der Waals surface area contributed by atoms with Crippen LogP contribution in [0.4, 0.5) is 0 Å². The van der Waals surface area contributed by atoms with Crippen LogP contribution in [-0.2, 0) is 11.3 Å². The Balaban J connectivity index is 2.05. The summed E-state index contributed by atoms with van der Waals surface area (Å²) in [5, 5.41) is 0. The van der Waals surface area contributed by atoms with E-state index in [-0.39, 0.29) is 0 Å². The molecule has 0 bridgehead atoms. The summed E-state index contributed by atoms with van der Waals surface area (Å²) >= 11 is 0. The Labute approximate surface area is 65.5 Å². The van der Waals surface area contributed by atoms with E-state index in [1.807, 2.05) is 23.3 Å². The molecule has 3 nitrogen and oxygen atoms in total. The van der Waals surface area contributed by atoms with E-state index in [0.717, 1.165) is 13.2 Å². The Morgan fingerprint density at radius 2 is 2.64 bits per heavy atom. The first kappa shape index (κ1) is 6.61. The number of nitrogens with zero attached hydrogens (tertiary/aromatic N) is 2. The molecule has 1 atom stereocenters. The number of hydrogen-bond acceptors (Lipinski definition) is 1. The fourth-order valence-electron chi connectivity index (χ4n) is 1.04. The van der Waals surface area contributed by atoms with Crippen LogP contribution in [0.2, 0.25) is 0 Å². The van der Waals surface area contributed by atoms with Gasteiger partial charge >= 0.3 is 0 Å². The molecule has 0 aromatic carbocycles. The third-order valence-electron chi connectivity index (χ3n) is 1.74. The average molecular weight is 151 g/mol. The van der Waals surface area contributed by atoms with E-state index < -0.39 is 0 Å². The average Bonchev–Trinajstić information content (AvgIpc) is 2.68. The first-order valence-electron chi connectivity index (χ1n) is 3.69. The van der Waals surface area contributed by atoms with Gasteiger partial charge in [-0.15, -0.1) is 0 Å². The summed E-state index contributed by atoms with van der Waals surface area (Å²) in [5.41, 5.74) is 0. The molecule has 0 amide bonds. The van der Waals surface area contributed by atoms with Gasteiger partial charge in [0.2, 0.25) is 6.33 Å². The Morgan fingerprint density at radius 3 is 3.18 bits per heavy atom. The highest BCUT2D eigenvalue weighted by Gasteiger charge is 2.25. The first-order chi connectivity index (χ1) is 5.38. The predicted octanol–water partition coefficient (Wildman–Crippen LogP) is 0.275. The van der Waals surface area contributed by atoms with E-state index >= 15 is 0 Å². The van der Waals surface area contributed by atoms with Crippen molar-refractivity contribution in [3.8, 4) is 0 Å². The predicted molar refractivity (Wildman–Crippen MR) is 40.8 cm³/mol. The van der Waals surface area contributed by atoms with Crippen molar-refractivity contribution in [2.45, 2.75) is 12.6 Å². The Morgan fingerprint density at radius 1 is 1.82 bits per heavy atom. The maximum atomic E-state index is 5.10. The molecule has 1 aliphatic rings. The van der Waals surface area contributed by atoms with Gasteiger partial charge in [0.15, 0.2) is 0 Å². The Hall–Kier alpha value is -1.09. The maximum Gasteiger partial charge on any atom is 0.248 e. The van der Waals surface area contributed by atoms with E-state index in [4.69, 9.17) is 4.74 Å². The normalized spacial score (nSPS) is 21.6. The SMILES string of the molecule is C=Cn1cc[n+](CC2CO2)c1. The summed E-state index contributed by atoms with van der Waals surface area (Å²) in [5.74, 6) is 0. The number of rotatable bonds is 3. The molecule has 2 rings (SSSR count). The zero-order valence-corrected chi connectivity index (χ0v) is 6.31. The van der Waals surface area contributed by atoms with Gasteiger partial charge in [0.05, 0.1) is 12.8 Å². The molecular weight excluding hydrogens is 140 g/mol. The molecule has 1 saturated heterocycles. The van der Waals surface area contributed by atoms with Gasteiger partial charge in [0.25, 0.3) is 0 Å². The van der Waals surface area contributed by atoms with E-state index in [2.05, 4.69) is 11.1 Å². The highest BCUT2D eigenvalue weighted by Crippen LogP contribution is 2.07. The molecule has 58 valence electrons. The number of ether oxygens (including phenoxy) is 1. The van der Waals surface area contributed by atoms with E-state index in [1.165, 1.54) is 0 Å². The second kappa shape index (κ2) is 2.51. The zero-order chi connectivity index (χ0) is 7.68. The number of hydrogen-bond donors (Lipinski definition) is 0. The molecule has 1 aliphatic heterocycles. The van der Waals surface area contributed by atoms with E-state index in [1.54, 1.807) is 6.20 Å². The van der Waals surface area contributed by atoms with Gasteiger partial charge in [0.1, 0.15) is 25.0 Å². The minimum atomic E-state index is 0.445. The highest BCUT2D eigenvalue weighted by molar-refractivity contribution is 5.13. The largest absolute Gasteiger partial charge is 0.369 e. The molecule has 3 heteroatoms. The van der Waals surface area contributed by atoms with Gasteiger partial charge in [0, 0.05) is 0 Å². The van der Waals surface area contributed by atoms with Crippen LogP contribution < -0.4 is 4.57 Å². The summed E-state index contributed by atoms with van der Waals surface area (Å²) in [6, 6.07) is 0. The molecule has 1 fully saturated rings. The van der Waals surface area contributed by atoms with Crippen molar-refractivity contribution >= 4 is 6.20 Å². The number of aromatic nitrogens is 2. The maximum absolute atomic E-state index is 5.10. The van der Waals surface area contributed by atoms with Crippen LogP contribution >= 0.6 is 0 Å². The van der Waals surface area contributed by atoms with Crippen molar-refractivity contribution in [3.63, 3.8) is 0 Å². The van der Waals surface area contributed by atoms with Crippen LogP contribution in [0.1, 0.15) is 0 Å². The summed E-state index contributed by atoms with van der Waals surface area (Å²) in [6.07, 6.45) is 8.19. The lowest BCUT2D eigenvalue weighted by Crippen LogP contribution is -2.33. The Kier molecular flexibility index (Phi) is 1.51. The van der Waals surface area contributed by atoms with Gasteiger partial charge in [-0.2, -0.15) is 0 Å². The molecule has 1 aromatic heterocycles. The van der Waals surface area contributed by atoms with Crippen molar-refractivity contribution in [1.82, 2.24) is 4.57 Å². The molecule has 1 unspecified atom stereocenters. The highest BCUT2D eigenvalue weighted by atomic mass is 16.6. The molecule has 0 spiro atoms. The van der Waals surface area contributed by atoms with Crippen molar-refractivity contribution in [2.24, 2.45) is 0 Å². The lowest BCUT2D eigenvalue weighted by Gasteiger charge is -1.87. The quantitative estimate of drug-likeness (QED) is 0.449. The molecule has 0 aliphatic carbocycles. The molecular formula is C8H11N2O+. The van der Waals surface area contributed by atoms with Crippen molar-refractivity contribution in [3.05, 3.63) is 25.3 Å². The molecule has 0 radical (unpaired) electrons.